The van der Waals surface area contributed by atoms with Crippen LogP contribution in [0.4, 0.5) is 0 Å². The first-order valence-electron chi connectivity index (χ1n) is 9.40. The summed E-state index contributed by atoms with van der Waals surface area (Å²) in [6.07, 6.45) is 0. The third-order valence-corrected chi connectivity index (χ3v) is 4.56. The summed E-state index contributed by atoms with van der Waals surface area (Å²) in [5.41, 5.74) is 4.21. The molecule has 0 heterocycles. The van der Waals surface area contributed by atoms with Crippen molar-refractivity contribution >= 4 is 11.8 Å². The quantitative estimate of drug-likeness (QED) is 0.646. The molecule has 0 saturated carbocycles. The minimum absolute atomic E-state index is 0.170. The Morgan fingerprint density at radius 2 is 1.31 bits per heavy atom. The maximum Gasteiger partial charge on any atom is 0.251 e. The zero-order valence-corrected chi connectivity index (χ0v) is 16.6. The average Bonchev–Trinajstić information content (AvgIpc) is 2.76. The topological polar surface area (TPSA) is 67.4 Å². The Morgan fingerprint density at radius 1 is 0.759 bits per heavy atom. The van der Waals surface area contributed by atoms with Gasteiger partial charge in [0.1, 0.15) is 5.75 Å². The number of nitrogens with one attached hydrogen (secondary N) is 2. The predicted octanol–water partition coefficient (Wildman–Crippen LogP) is 3.86. The summed E-state index contributed by atoms with van der Waals surface area (Å²) in [5.74, 6) is 0.417. The Kier molecular flexibility index (Phi) is 6.63. The highest BCUT2D eigenvalue weighted by atomic mass is 16.5. The van der Waals surface area contributed by atoms with Gasteiger partial charge in [-0.1, -0.05) is 42.0 Å². The maximum atomic E-state index is 12.3. The van der Waals surface area contributed by atoms with Gasteiger partial charge in [0.25, 0.3) is 11.8 Å². The molecule has 0 aromatic heterocycles. The van der Waals surface area contributed by atoms with E-state index in [-0.39, 0.29) is 11.8 Å². The number of aryl methyl sites for hydroxylation is 1. The summed E-state index contributed by atoms with van der Waals surface area (Å²) in [7, 11) is 1.61. The molecule has 3 aromatic rings. The lowest BCUT2D eigenvalue weighted by Crippen LogP contribution is -2.24. The fourth-order valence-electron chi connectivity index (χ4n) is 2.91. The van der Waals surface area contributed by atoms with Crippen LogP contribution in [0.3, 0.4) is 0 Å². The molecule has 0 aliphatic heterocycles. The summed E-state index contributed by atoms with van der Waals surface area (Å²) >= 11 is 0. The molecule has 0 aliphatic carbocycles. The number of carbonyl (C=O) groups excluding carboxylic acids is 2. The second-order valence-electron chi connectivity index (χ2n) is 6.78. The molecule has 5 nitrogen and oxygen atoms in total. The van der Waals surface area contributed by atoms with Crippen LogP contribution in [0.2, 0.25) is 0 Å². The number of amides is 2. The first-order valence-corrected chi connectivity index (χ1v) is 9.40. The molecular weight excluding hydrogens is 364 g/mol. The van der Waals surface area contributed by atoms with Gasteiger partial charge in [0.2, 0.25) is 0 Å². The Morgan fingerprint density at radius 3 is 1.83 bits per heavy atom. The van der Waals surface area contributed by atoms with Crippen LogP contribution in [0.5, 0.6) is 5.75 Å². The molecule has 0 atom stereocenters. The van der Waals surface area contributed by atoms with E-state index in [4.69, 9.17) is 4.74 Å². The van der Waals surface area contributed by atoms with Crippen LogP contribution in [-0.4, -0.2) is 18.9 Å². The zero-order valence-electron chi connectivity index (χ0n) is 16.6. The molecule has 0 spiro atoms. The summed E-state index contributed by atoms with van der Waals surface area (Å²) < 4.78 is 5.12. The third kappa shape index (κ3) is 5.69. The minimum atomic E-state index is -0.187. The highest BCUT2D eigenvalue weighted by Gasteiger charge is 2.09. The molecule has 5 heteroatoms. The van der Waals surface area contributed by atoms with E-state index in [2.05, 4.69) is 10.6 Å². The number of hydrogen-bond acceptors (Lipinski definition) is 3. The molecule has 29 heavy (non-hydrogen) atoms. The summed E-state index contributed by atoms with van der Waals surface area (Å²) in [6, 6.07) is 22.1. The number of ether oxygens (including phenoxy) is 1. The summed E-state index contributed by atoms with van der Waals surface area (Å²) in [4.78, 5) is 24.7. The molecule has 0 radical (unpaired) electrons. The van der Waals surface area contributed by atoms with Gasteiger partial charge >= 0.3 is 0 Å². The molecule has 148 valence electrons. The van der Waals surface area contributed by atoms with Crippen LogP contribution >= 0.6 is 0 Å². The van der Waals surface area contributed by atoms with Crippen molar-refractivity contribution < 1.29 is 14.3 Å². The van der Waals surface area contributed by atoms with E-state index < -0.39 is 0 Å². The van der Waals surface area contributed by atoms with Gasteiger partial charge in [-0.2, -0.15) is 0 Å². The van der Waals surface area contributed by atoms with Crippen LogP contribution < -0.4 is 15.4 Å². The van der Waals surface area contributed by atoms with E-state index in [1.54, 1.807) is 31.4 Å². The van der Waals surface area contributed by atoms with Gasteiger partial charge in [0.15, 0.2) is 0 Å². The maximum absolute atomic E-state index is 12.3. The third-order valence-electron chi connectivity index (χ3n) is 4.56. The fraction of sp³-hybridized carbons (Fsp3) is 0.167. The molecular formula is C24H24N2O3. The van der Waals surface area contributed by atoms with Gasteiger partial charge in [0.05, 0.1) is 7.11 Å². The van der Waals surface area contributed by atoms with Gasteiger partial charge < -0.3 is 15.4 Å². The Bertz CT molecular complexity index is 980. The van der Waals surface area contributed by atoms with E-state index in [9.17, 15) is 9.59 Å². The summed E-state index contributed by atoms with van der Waals surface area (Å²) in [5, 5.41) is 5.77. The average molecular weight is 388 g/mol. The molecule has 0 aliphatic rings. The molecule has 3 rings (SSSR count). The molecule has 0 bridgehead atoms. The molecule has 2 N–H and O–H groups in total. The van der Waals surface area contributed by atoms with Crippen LogP contribution in [0.15, 0.2) is 72.8 Å². The van der Waals surface area contributed by atoms with E-state index in [0.717, 1.165) is 22.4 Å². The Balaban J connectivity index is 1.52. The van der Waals surface area contributed by atoms with Gasteiger partial charge in [-0.25, -0.2) is 0 Å². The first-order chi connectivity index (χ1) is 14.0. The van der Waals surface area contributed by atoms with Crippen molar-refractivity contribution in [3.8, 4) is 5.75 Å². The van der Waals surface area contributed by atoms with E-state index in [1.165, 1.54) is 0 Å². The van der Waals surface area contributed by atoms with Crippen LogP contribution in [0.1, 0.15) is 37.4 Å². The van der Waals surface area contributed by atoms with Crippen LogP contribution in [0, 0.1) is 6.92 Å². The van der Waals surface area contributed by atoms with Crippen molar-refractivity contribution in [3.63, 3.8) is 0 Å². The highest BCUT2D eigenvalue weighted by Crippen LogP contribution is 2.11. The number of rotatable bonds is 7. The summed E-state index contributed by atoms with van der Waals surface area (Å²) in [6.45, 7) is 2.90. The van der Waals surface area contributed by atoms with Crippen molar-refractivity contribution in [1.29, 1.82) is 0 Å². The molecule has 3 aromatic carbocycles. The van der Waals surface area contributed by atoms with Crippen molar-refractivity contribution in [2.24, 2.45) is 0 Å². The Hall–Kier alpha value is -3.60. The monoisotopic (exact) mass is 388 g/mol. The van der Waals surface area contributed by atoms with Crippen LogP contribution in [-0.2, 0) is 13.1 Å². The SMILES string of the molecule is COc1ccc(CNC(=O)c2ccc(C(=O)NCc3cccc(C)c3)cc2)cc1. The number of methoxy groups -OCH3 is 1. The van der Waals surface area contributed by atoms with E-state index >= 15 is 0 Å². The van der Waals surface area contributed by atoms with Gasteiger partial charge in [-0.05, 0) is 54.4 Å². The largest absolute Gasteiger partial charge is 0.497 e. The second-order valence-corrected chi connectivity index (χ2v) is 6.78. The number of hydrogen-bond donors (Lipinski definition) is 2. The standard InChI is InChI=1S/C24H24N2O3/c1-17-4-3-5-19(14-17)16-26-24(28)21-10-8-20(9-11-21)23(27)25-15-18-6-12-22(29-2)13-7-18/h3-14H,15-16H2,1-2H3,(H,25,27)(H,26,28). The fourth-order valence-corrected chi connectivity index (χ4v) is 2.91. The van der Waals surface area contributed by atoms with Crippen molar-refractivity contribution in [1.82, 2.24) is 10.6 Å². The van der Waals surface area contributed by atoms with Gasteiger partial charge in [0, 0.05) is 24.2 Å². The lowest BCUT2D eigenvalue weighted by molar-refractivity contribution is 0.0939. The van der Waals surface area contributed by atoms with Crippen LogP contribution in [0.25, 0.3) is 0 Å². The highest BCUT2D eigenvalue weighted by molar-refractivity contribution is 5.97. The lowest BCUT2D eigenvalue weighted by Gasteiger charge is -2.08. The van der Waals surface area contributed by atoms with Gasteiger partial charge in [-0.3, -0.25) is 9.59 Å². The molecule has 0 unspecified atom stereocenters. The number of carbonyl (C=O) groups is 2. The normalized spacial score (nSPS) is 10.3. The predicted molar refractivity (Wildman–Crippen MR) is 113 cm³/mol. The van der Waals surface area contributed by atoms with Crippen molar-refractivity contribution in [2.45, 2.75) is 20.0 Å². The van der Waals surface area contributed by atoms with E-state index in [0.29, 0.717) is 24.2 Å². The molecule has 2 amide bonds. The molecule has 0 fully saturated rings. The van der Waals surface area contributed by atoms with Gasteiger partial charge in [-0.15, -0.1) is 0 Å². The Labute approximate surface area is 170 Å². The lowest BCUT2D eigenvalue weighted by atomic mass is 10.1. The second kappa shape index (κ2) is 9.55. The van der Waals surface area contributed by atoms with E-state index in [1.807, 2.05) is 55.5 Å². The first kappa shape index (κ1) is 20.1. The van der Waals surface area contributed by atoms with Crippen molar-refractivity contribution in [2.75, 3.05) is 7.11 Å². The molecule has 0 saturated heterocycles. The van der Waals surface area contributed by atoms with Crippen molar-refractivity contribution in [3.05, 3.63) is 101 Å². The minimum Gasteiger partial charge on any atom is -0.497 e. The zero-order chi connectivity index (χ0) is 20.6. The number of benzene rings is 3. The smallest absolute Gasteiger partial charge is 0.251 e.